The van der Waals surface area contributed by atoms with E-state index in [2.05, 4.69) is 0 Å². The van der Waals surface area contributed by atoms with Gasteiger partial charge in [-0.15, -0.1) is 0 Å². The van der Waals surface area contributed by atoms with Crippen LogP contribution in [-0.4, -0.2) is 48.4 Å². The molecule has 0 N–H and O–H groups in total. The third-order valence-electron chi connectivity index (χ3n) is 6.72. The van der Waals surface area contributed by atoms with Gasteiger partial charge < -0.3 is 9.64 Å². The summed E-state index contributed by atoms with van der Waals surface area (Å²) in [5.74, 6) is -1.66. The van der Waals surface area contributed by atoms with Gasteiger partial charge in [0.25, 0.3) is 5.91 Å². The molecule has 3 saturated heterocycles. The van der Waals surface area contributed by atoms with Crippen molar-refractivity contribution in [2.45, 2.75) is 48.4 Å². The number of fused-ring (bicyclic) bond motifs is 1. The summed E-state index contributed by atoms with van der Waals surface area (Å²) in [7, 11) is -3.82. The minimum atomic E-state index is -3.82. The summed E-state index contributed by atoms with van der Waals surface area (Å²) in [6.45, 7) is 0.176. The van der Waals surface area contributed by atoms with Gasteiger partial charge in [0.05, 0.1) is 22.6 Å². The van der Waals surface area contributed by atoms with Gasteiger partial charge in [-0.2, -0.15) is 9.57 Å². The van der Waals surface area contributed by atoms with Gasteiger partial charge in [-0.3, -0.25) is 4.79 Å². The highest BCUT2D eigenvalue weighted by Crippen LogP contribution is 2.48. The summed E-state index contributed by atoms with van der Waals surface area (Å²) < 4.78 is 61.1. The van der Waals surface area contributed by atoms with E-state index in [9.17, 15) is 22.0 Å². The van der Waals surface area contributed by atoms with Crippen LogP contribution in [0.4, 0.5) is 8.78 Å². The van der Waals surface area contributed by atoms with Crippen LogP contribution in [0.5, 0.6) is 0 Å². The fraction of sp³-hybridized carbons (Fsp3) is 0.391. The maximum atomic E-state index is 13.8. The van der Waals surface area contributed by atoms with E-state index in [1.165, 1.54) is 40.7 Å². The predicted molar refractivity (Wildman–Crippen MR) is 112 cm³/mol. The topological polar surface area (TPSA) is 90.7 Å². The molecule has 2 aromatic carbocycles. The molecule has 172 valence electrons. The first-order valence-corrected chi connectivity index (χ1v) is 12.1. The third kappa shape index (κ3) is 3.60. The number of piperidine rings is 1. The first-order valence-electron chi connectivity index (χ1n) is 10.7. The van der Waals surface area contributed by atoms with E-state index in [1.54, 1.807) is 4.90 Å². The number of sulfonamides is 1. The van der Waals surface area contributed by atoms with Gasteiger partial charge in [0.15, 0.2) is 5.60 Å². The molecule has 33 heavy (non-hydrogen) atoms. The molecular formula is C23H21F2N3O4S. The predicted octanol–water partition coefficient (Wildman–Crippen LogP) is 3.08. The lowest BCUT2D eigenvalue weighted by atomic mass is 9.90. The largest absolute Gasteiger partial charge is 0.342 e. The number of carbonyl (C=O) groups is 1. The lowest BCUT2D eigenvalue weighted by Gasteiger charge is -2.37. The number of nitriles is 1. The van der Waals surface area contributed by atoms with Crippen LogP contribution in [0.25, 0.3) is 0 Å². The molecule has 3 fully saturated rings. The van der Waals surface area contributed by atoms with Gasteiger partial charge in [-0.25, -0.2) is 17.2 Å². The number of halogens is 2. The second kappa shape index (κ2) is 7.87. The van der Waals surface area contributed by atoms with Crippen LogP contribution >= 0.6 is 0 Å². The van der Waals surface area contributed by atoms with Crippen LogP contribution in [0.3, 0.4) is 0 Å². The lowest BCUT2D eigenvalue weighted by molar-refractivity contribution is -0.142. The molecule has 0 bridgehead atoms. The fourth-order valence-electron chi connectivity index (χ4n) is 5.10. The van der Waals surface area contributed by atoms with E-state index in [0.717, 1.165) is 6.07 Å². The molecule has 1 amide bonds. The monoisotopic (exact) mass is 473 g/mol. The number of benzene rings is 2. The van der Waals surface area contributed by atoms with Crippen LogP contribution < -0.4 is 0 Å². The normalized spacial score (nSPS) is 24.8. The van der Waals surface area contributed by atoms with Crippen molar-refractivity contribution in [3.05, 3.63) is 65.2 Å². The molecule has 0 aliphatic carbocycles. The average molecular weight is 474 g/mol. The standard InChI is InChI=1S/C23H21F2N3O4S/c24-17-11-16(12-18(25)13-17)20-4-5-21-28(20)22(29)23(32-21)6-8-27(9-7-23)33(30,31)19-3-1-2-15(10-19)14-26/h1-3,10-13,20-21H,4-9H2. The van der Waals surface area contributed by atoms with Crippen molar-refractivity contribution in [1.29, 1.82) is 5.26 Å². The second-order valence-electron chi connectivity index (χ2n) is 8.62. The summed E-state index contributed by atoms with van der Waals surface area (Å²) in [6.07, 6.45) is 0.939. The molecule has 0 aromatic heterocycles. The van der Waals surface area contributed by atoms with Gasteiger partial charge in [-0.1, -0.05) is 6.07 Å². The van der Waals surface area contributed by atoms with Crippen molar-refractivity contribution in [1.82, 2.24) is 9.21 Å². The summed E-state index contributed by atoms with van der Waals surface area (Å²) in [4.78, 5) is 15.0. The third-order valence-corrected chi connectivity index (χ3v) is 8.61. The Morgan fingerprint density at radius 2 is 1.76 bits per heavy atom. The van der Waals surface area contributed by atoms with Crippen molar-refractivity contribution in [2.75, 3.05) is 13.1 Å². The van der Waals surface area contributed by atoms with Gasteiger partial charge in [-0.05, 0) is 61.6 Å². The smallest absolute Gasteiger partial charge is 0.257 e. The van der Waals surface area contributed by atoms with Gasteiger partial charge in [0.2, 0.25) is 10.0 Å². The van der Waals surface area contributed by atoms with Gasteiger partial charge in [0, 0.05) is 19.2 Å². The molecule has 5 rings (SSSR count). The minimum Gasteiger partial charge on any atom is -0.342 e. The molecule has 3 aliphatic heterocycles. The van der Waals surface area contributed by atoms with Crippen LogP contribution in [0, 0.1) is 23.0 Å². The average Bonchev–Trinajstić information content (AvgIpc) is 3.31. The molecule has 10 heteroatoms. The Morgan fingerprint density at radius 1 is 1.06 bits per heavy atom. The molecule has 7 nitrogen and oxygen atoms in total. The summed E-state index contributed by atoms with van der Waals surface area (Å²) in [5, 5.41) is 9.06. The molecule has 3 heterocycles. The highest BCUT2D eigenvalue weighted by atomic mass is 32.2. The Kier molecular flexibility index (Phi) is 5.23. The van der Waals surface area contributed by atoms with Crippen molar-refractivity contribution >= 4 is 15.9 Å². The van der Waals surface area contributed by atoms with E-state index in [4.69, 9.17) is 10.00 Å². The molecule has 3 aliphatic rings. The highest BCUT2D eigenvalue weighted by molar-refractivity contribution is 7.89. The lowest BCUT2D eigenvalue weighted by Crippen LogP contribution is -2.51. The number of ether oxygens (including phenoxy) is 1. The van der Waals surface area contributed by atoms with Crippen LogP contribution in [-0.2, 0) is 19.6 Å². The summed E-state index contributed by atoms with van der Waals surface area (Å²) in [5.41, 5.74) is -0.504. The van der Waals surface area contributed by atoms with Gasteiger partial charge in [0.1, 0.15) is 17.9 Å². The van der Waals surface area contributed by atoms with Crippen LogP contribution in [0.2, 0.25) is 0 Å². The zero-order valence-electron chi connectivity index (χ0n) is 17.6. The molecule has 2 aromatic rings. The number of rotatable bonds is 3. The first kappa shape index (κ1) is 21.9. The number of nitrogens with zero attached hydrogens (tertiary/aromatic N) is 3. The minimum absolute atomic E-state index is 0.0324. The van der Waals surface area contributed by atoms with E-state index in [-0.39, 0.29) is 42.3 Å². The Bertz CT molecular complexity index is 1250. The SMILES string of the molecule is N#Cc1cccc(S(=O)(=O)N2CCC3(CC2)OC2CCC(c4cc(F)cc(F)c4)N2C3=O)c1. The number of hydrogen-bond donors (Lipinski definition) is 0. The van der Waals surface area contributed by atoms with E-state index < -0.39 is 39.5 Å². The summed E-state index contributed by atoms with van der Waals surface area (Å²) >= 11 is 0. The van der Waals surface area contributed by atoms with Crippen molar-refractivity contribution < 1.29 is 26.7 Å². The first-order chi connectivity index (χ1) is 15.7. The van der Waals surface area contributed by atoms with E-state index in [0.29, 0.717) is 18.4 Å². The maximum absolute atomic E-state index is 13.8. The Balaban J connectivity index is 1.34. The number of amides is 1. The molecule has 0 radical (unpaired) electrons. The van der Waals surface area contributed by atoms with E-state index >= 15 is 0 Å². The maximum Gasteiger partial charge on any atom is 0.257 e. The highest BCUT2D eigenvalue weighted by Gasteiger charge is 2.58. The molecule has 2 unspecified atom stereocenters. The van der Waals surface area contributed by atoms with Crippen molar-refractivity contribution in [2.24, 2.45) is 0 Å². The zero-order chi connectivity index (χ0) is 23.4. The zero-order valence-corrected chi connectivity index (χ0v) is 18.4. The molecular weight excluding hydrogens is 452 g/mol. The molecule has 0 saturated carbocycles. The van der Waals surface area contributed by atoms with E-state index in [1.807, 2.05) is 6.07 Å². The molecule has 1 spiro atoms. The van der Waals surface area contributed by atoms with Crippen LogP contribution in [0.15, 0.2) is 47.4 Å². The Morgan fingerprint density at radius 3 is 2.42 bits per heavy atom. The van der Waals surface area contributed by atoms with Gasteiger partial charge >= 0.3 is 0 Å². The van der Waals surface area contributed by atoms with Crippen molar-refractivity contribution in [3.63, 3.8) is 0 Å². The quantitative estimate of drug-likeness (QED) is 0.684. The fourth-order valence-corrected chi connectivity index (χ4v) is 6.59. The Labute approximate surface area is 190 Å². The number of carbonyl (C=O) groups excluding carboxylic acids is 1. The van der Waals surface area contributed by atoms with Crippen molar-refractivity contribution in [3.8, 4) is 6.07 Å². The number of hydrogen-bond acceptors (Lipinski definition) is 5. The summed E-state index contributed by atoms with van der Waals surface area (Å²) in [6, 6.07) is 10.5. The molecule has 2 atom stereocenters. The second-order valence-corrected chi connectivity index (χ2v) is 10.6. The Hall–Kier alpha value is -2.87. The van der Waals surface area contributed by atoms with Crippen LogP contribution in [0.1, 0.15) is 42.9 Å².